The standard InChI is InChI=1S/C22H35NO2/c1-2-5-11-21(10-4-1)12-8-9-16-24-18-19-25-17-15-23-20-22-13-6-3-7-14-22/h1-3,6-7,13-14,21,23H,4-5,8-12,15-20H2. The summed E-state index contributed by atoms with van der Waals surface area (Å²) in [5.74, 6) is 0.932. The molecule has 0 spiro atoms. The molecule has 1 N–H and O–H groups in total. The number of hydrogen-bond acceptors (Lipinski definition) is 3. The van der Waals surface area contributed by atoms with Gasteiger partial charge in [-0.2, -0.15) is 0 Å². The molecule has 1 aromatic rings. The van der Waals surface area contributed by atoms with Crippen LogP contribution in [0.5, 0.6) is 0 Å². The molecule has 1 aliphatic carbocycles. The Morgan fingerprint density at radius 3 is 2.32 bits per heavy atom. The predicted octanol–water partition coefficient (Wildman–Crippen LogP) is 4.73. The Morgan fingerprint density at radius 1 is 0.840 bits per heavy atom. The predicted molar refractivity (Wildman–Crippen MR) is 105 cm³/mol. The molecule has 3 nitrogen and oxygen atoms in total. The van der Waals surface area contributed by atoms with E-state index >= 15 is 0 Å². The van der Waals surface area contributed by atoms with Gasteiger partial charge in [-0.1, -0.05) is 55.3 Å². The van der Waals surface area contributed by atoms with Crippen LogP contribution in [0.1, 0.15) is 50.5 Å². The molecule has 1 aliphatic rings. The Labute approximate surface area is 153 Å². The van der Waals surface area contributed by atoms with Crippen LogP contribution in [-0.4, -0.2) is 33.0 Å². The summed E-state index contributed by atoms with van der Waals surface area (Å²) in [5.41, 5.74) is 1.31. The number of benzene rings is 1. The Morgan fingerprint density at radius 2 is 1.56 bits per heavy atom. The second-order valence-electron chi connectivity index (χ2n) is 6.88. The van der Waals surface area contributed by atoms with Gasteiger partial charge >= 0.3 is 0 Å². The van der Waals surface area contributed by atoms with Crippen molar-refractivity contribution in [3.05, 3.63) is 48.0 Å². The Kier molecular flexibility index (Phi) is 11.3. The Bertz CT molecular complexity index is 437. The van der Waals surface area contributed by atoms with Crippen molar-refractivity contribution in [2.24, 2.45) is 5.92 Å². The van der Waals surface area contributed by atoms with Crippen LogP contribution in [0.25, 0.3) is 0 Å². The topological polar surface area (TPSA) is 30.5 Å². The molecule has 0 fully saturated rings. The van der Waals surface area contributed by atoms with E-state index in [1.54, 1.807) is 0 Å². The molecule has 1 aromatic carbocycles. The zero-order valence-corrected chi connectivity index (χ0v) is 15.6. The van der Waals surface area contributed by atoms with E-state index in [1.165, 1.54) is 50.5 Å². The van der Waals surface area contributed by atoms with Crippen molar-refractivity contribution in [3.8, 4) is 0 Å². The lowest BCUT2D eigenvalue weighted by Gasteiger charge is -2.13. The third-order valence-electron chi connectivity index (χ3n) is 4.77. The third-order valence-corrected chi connectivity index (χ3v) is 4.77. The van der Waals surface area contributed by atoms with E-state index in [9.17, 15) is 0 Å². The van der Waals surface area contributed by atoms with Gasteiger partial charge in [0.2, 0.25) is 0 Å². The second kappa shape index (κ2) is 14.1. The van der Waals surface area contributed by atoms with Gasteiger partial charge in [0.25, 0.3) is 0 Å². The first-order valence-electron chi connectivity index (χ1n) is 10.0. The smallest absolute Gasteiger partial charge is 0.0701 e. The fraction of sp³-hybridized carbons (Fsp3) is 0.636. The third kappa shape index (κ3) is 10.4. The maximum absolute atomic E-state index is 5.67. The first kappa shape index (κ1) is 20.2. The van der Waals surface area contributed by atoms with Crippen LogP contribution >= 0.6 is 0 Å². The van der Waals surface area contributed by atoms with Crippen LogP contribution in [0.2, 0.25) is 0 Å². The van der Waals surface area contributed by atoms with Gasteiger partial charge in [-0.3, -0.25) is 0 Å². The lowest BCUT2D eigenvalue weighted by molar-refractivity contribution is 0.0470. The van der Waals surface area contributed by atoms with Crippen LogP contribution in [-0.2, 0) is 16.0 Å². The van der Waals surface area contributed by atoms with Crippen molar-refractivity contribution in [1.29, 1.82) is 0 Å². The summed E-state index contributed by atoms with van der Waals surface area (Å²) in [6.07, 6.45) is 13.9. The fourth-order valence-electron chi connectivity index (χ4n) is 3.26. The number of rotatable bonds is 13. The molecule has 0 aliphatic heterocycles. The molecule has 0 unspecified atom stereocenters. The molecule has 0 heterocycles. The fourth-order valence-corrected chi connectivity index (χ4v) is 3.26. The van der Waals surface area contributed by atoms with Gasteiger partial charge in [0.15, 0.2) is 0 Å². The first-order valence-corrected chi connectivity index (χ1v) is 10.0. The summed E-state index contributed by atoms with van der Waals surface area (Å²) in [5, 5.41) is 3.39. The molecule has 0 saturated heterocycles. The molecule has 2 rings (SSSR count). The lowest BCUT2D eigenvalue weighted by atomic mass is 9.94. The largest absolute Gasteiger partial charge is 0.379 e. The van der Waals surface area contributed by atoms with E-state index in [0.717, 1.165) is 32.2 Å². The highest BCUT2D eigenvalue weighted by Gasteiger charge is 2.08. The highest BCUT2D eigenvalue weighted by atomic mass is 16.5. The van der Waals surface area contributed by atoms with Gasteiger partial charge in [-0.15, -0.1) is 0 Å². The van der Waals surface area contributed by atoms with Gasteiger partial charge in [0, 0.05) is 19.7 Å². The number of allylic oxidation sites excluding steroid dienone is 2. The van der Waals surface area contributed by atoms with E-state index < -0.39 is 0 Å². The van der Waals surface area contributed by atoms with E-state index in [-0.39, 0.29) is 0 Å². The molecule has 3 heteroatoms. The molecule has 0 amide bonds. The van der Waals surface area contributed by atoms with Gasteiger partial charge in [0.1, 0.15) is 0 Å². The quantitative estimate of drug-likeness (QED) is 0.414. The minimum Gasteiger partial charge on any atom is -0.379 e. The number of nitrogens with one attached hydrogen (secondary N) is 1. The van der Waals surface area contributed by atoms with Crippen molar-refractivity contribution in [2.45, 2.75) is 51.5 Å². The first-order chi connectivity index (χ1) is 12.4. The summed E-state index contributed by atoms with van der Waals surface area (Å²) in [7, 11) is 0. The minimum absolute atomic E-state index is 0.696. The zero-order chi connectivity index (χ0) is 17.4. The molecule has 0 bridgehead atoms. The molecule has 0 radical (unpaired) electrons. The summed E-state index contributed by atoms with van der Waals surface area (Å²) in [6, 6.07) is 10.4. The van der Waals surface area contributed by atoms with Gasteiger partial charge in [-0.25, -0.2) is 0 Å². The summed E-state index contributed by atoms with van der Waals surface area (Å²) in [4.78, 5) is 0. The molecule has 0 atom stereocenters. The van der Waals surface area contributed by atoms with Crippen molar-refractivity contribution in [1.82, 2.24) is 5.32 Å². The van der Waals surface area contributed by atoms with E-state index in [2.05, 4.69) is 41.7 Å². The number of unbranched alkanes of at least 4 members (excludes halogenated alkanes) is 1. The summed E-state index contributed by atoms with van der Waals surface area (Å²) in [6.45, 7) is 4.81. The monoisotopic (exact) mass is 345 g/mol. The Balaban J connectivity index is 1.30. The highest BCUT2D eigenvalue weighted by molar-refractivity contribution is 5.14. The maximum Gasteiger partial charge on any atom is 0.0701 e. The van der Waals surface area contributed by atoms with Gasteiger partial charge in [-0.05, 0) is 43.6 Å². The molecule has 0 saturated carbocycles. The molecule has 25 heavy (non-hydrogen) atoms. The summed E-state index contributed by atoms with van der Waals surface area (Å²) >= 11 is 0. The van der Waals surface area contributed by atoms with E-state index in [4.69, 9.17) is 9.47 Å². The molecule has 140 valence electrons. The van der Waals surface area contributed by atoms with Crippen LogP contribution in [0.15, 0.2) is 42.5 Å². The van der Waals surface area contributed by atoms with Crippen molar-refractivity contribution in [3.63, 3.8) is 0 Å². The van der Waals surface area contributed by atoms with E-state index in [0.29, 0.717) is 13.2 Å². The second-order valence-corrected chi connectivity index (χ2v) is 6.88. The van der Waals surface area contributed by atoms with Crippen LogP contribution in [0.4, 0.5) is 0 Å². The van der Waals surface area contributed by atoms with Crippen molar-refractivity contribution >= 4 is 0 Å². The normalized spacial score (nSPS) is 15.4. The van der Waals surface area contributed by atoms with Crippen molar-refractivity contribution in [2.75, 3.05) is 33.0 Å². The zero-order valence-electron chi connectivity index (χ0n) is 15.6. The molecular formula is C22H35NO2. The minimum atomic E-state index is 0.696. The van der Waals surface area contributed by atoms with E-state index in [1.807, 2.05) is 6.07 Å². The molecular weight excluding hydrogens is 310 g/mol. The van der Waals surface area contributed by atoms with Crippen molar-refractivity contribution < 1.29 is 9.47 Å². The van der Waals surface area contributed by atoms with Gasteiger partial charge < -0.3 is 14.8 Å². The number of ether oxygens (including phenoxy) is 2. The number of hydrogen-bond donors (Lipinski definition) is 1. The Hall–Kier alpha value is -1.16. The lowest BCUT2D eigenvalue weighted by Crippen LogP contribution is -2.20. The average Bonchev–Trinajstić information content (AvgIpc) is 2.92. The summed E-state index contributed by atoms with van der Waals surface area (Å²) < 4.78 is 11.3. The van der Waals surface area contributed by atoms with Crippen LogP contribution in [0.3, 0.4) is 0 Å². The van der Waals surface area contributed by atoms with Gasteiger partial charge in [0.05, 0.1) is 19.8 Å². The van der Waals surface area contributed by atoms with Crippen LogP contribution in [0, 0.1) is 5.92 Å². The SMILES string of the molecule is C1=CCCC(CCCCOCCOCCNCc2ccccc2)CC1. The van der Waals surface area contributed by atoms with Crippen LogP contribution < -0.4 is 5.32 Å². The molecule has 0 aromatic heterocycles. The average molecular weight is 346 g/mol. The maximum atomic E-state index is 5.67. The highest BCUT2D eigenvalue weighted by Crippen LogP contribution is 2.23.